The van der Waals surface area contributed by atoms with Crippen LogP contribution in [-0.4, -0.2) is 47.2 Å². The summed E-state index contributed by atoms with van der Waals surface area (Å²) in [4.78, 5) is 37.9. The fraction of sp³-hybridized carbons (Fsp3) is 0.833. The number of nitrogens with zero attached hydrogens (tertiary/aromatic N) is 2. The highest BCUT2D eigenvalue weighted by atomic mass is 35.5. The first-order chi connectivity index (χ1) is 7.91. The molecule has 0 aromatic carbocycles. The number of aliphatic carboxylic acids is 1. The van der Waals surface area contributed by atoms with Crippen LogP contribution in [0, 0.1) is 20.2 Å². The maximum absolute atomic E-state index is 10.1. The Labute approximate surface area is 106 Å². The Balaban J connectivity index is 0. The second kappa shape index (κ2) is 10.3. The van der Waals surface area contributed by atoms with E-state index in [1.165, 1.54) is 0 Å². The molecule has 106 valence electrons. The summed E-state index contributed by atoms with van der Waals surface area (Å²) >= 11 is 0. The second-order valence-corrected chi connectivity index (χ2v) is 2.69. The van der Waals surface area contributed by atoms with E-state index in [1.807, 2.05) is 0 Å². The fourth-order valence-electron chi connectivity index (χ4n) is 0.749. The van der Waals surface area contributed by atoms with Crippen LogP contribution in [0.3, 0.4) is 0 Å². The van der Waals surface area contributed by atoms with Gasteiger partial charge in [-0.2, -0.15) is 0 Å². The molecule has 0 radical (unpaired) electrons. The topological polar surface area (TPSA) is 151 Å². The highest BCUT2D eigenvalue weighted by Crippen LogP contribution is 1.97. The first-order valence-corrected chi connectivity index (χ1v) is 4.29. The van der Waals surface area contributed by atoms with E-state index in [-0.39, 0.29) is 32.0 Å². The molecule has 0 aliphatic carbocycles. The lowest BCUT2D eigenvalue weighted by atomic mass is 10.4. The van der Waals surface area contributed by atoms with Crippen LogP contribution in [0.2, 0.25) is 0 Å². The lowest BCUT2D eigenvalue weighted by molar-refractivity contribution is -0.790. The zero-order chi connectivity index (χ0) is 13.3. The normalized spacial score (nSPS) is 10.9. The molecule has 0 amide bonds. The Morgan fingerprint density at radius 3 is 2.28 bits per heavy atom. The molecule has 1 N–H and O–H groups in total. The molecule has 1 atom stereocenters. The van der Waals surface area contributed by atoms with Gasteiger partial charge < -0.3 is 19.5 Å². The molecule has 0 aliphatic rings. The van der Waals surface area contributed by atoms with Crippen LogP contribution in [-0.2, 0) is 19.2 Å². The number of hydrogen-bond donors (Lipinski definition) is 1. The van der Waals surface area contributed by atoms with E-state index in [0.29, 0.717) is 0 Å². The smallest absolute Gasteiger partial charge is 0.305 e. The van der Waals surface area contributed by atoms with Gasteiger partial charge in [0.05, 0.1) is 19.6 Å². The minimum absolute atomic E-state index is 0. The van der Waals surface area contributed by atoms with Gasteiger partial charge in [-0.05, 0) is 0 Å². The van der Waals surface area contributed by atoms with Gasteiger partial charge in [-0.25, -0.2) is 0 Å². The van der Waals surface area contributed by atoms with Crippen molar-refractivity contribution in [2.24, 2.45) is 0 Å². The van der Waals surface area contributed by atoms with E-state index in [9.17, 15) is 25.0 Å². The first kappa shape index (κ1) is 18.5. The quantitative estimate of drug-likeness (QED) is 0.324. The average molecular weight is 291 g/mol. The van der Waals surface area contributed by atoms with E-state index < -0.39 is 28.9 Å². The monoisotopic (exact) mass is 290 g/mol. The largest absolute Gasteiger partial charge is 0.481 e. The van der Waals surface area contributed by atoms with Gasteiger partial charge in [0, 0.05) is 0 Å². The summed E-state index contributed by atoms with van der Waals surface area (Å²) in [5.41, 5.74) is 0. The molecule has 0 aliphatic heterocycles. The minimum atomic E-state index is -1.29. The molecule has 11 nitrogen and oxygen atoms in total. The number of carboxylic acids is 1. The van der Waals surface area contributed by atoms with E-state index >= 15 is 0 Å². The second-order valence-electron chi connectivity index (χ2n) is 2.69. The van der Waals surface area contributed by atoms with Crippen molar-refractivity contribution in [2.75, 3.05) is 19.8 Å². The van der Waals surface area contributed by atoms with E-state index in [1.54, 1.807) is 0 Å². The van der Waals surface area contributed by atoms with Gasteiger partial charge in [-0.15, -0.1) is 32.6 Å². The van der Waals surface area contributed by atoms with Crippen molar-refractivity contribution in [2.45, 2.75) is 12.5 Å². The maximum Gasteiger partial charge on any atom is 0.305 e. The average Bonchev–Trinajstić information content (AvgIpc) is 2.19. The van der Waals surface area contributed by atoms with Crippen molar-refractivity contribution in [3.8, 4) is 0 Å². The van der Waals surface area contributed by atoms with Crippen molar-refractivity contribution in [3.05, 3.63) is 20.2 Å². The zero-order valence-corrected chi connectivity index (χ0v) is 9.74. The Kier molecular flexibility index (Phi) is 10.6. The lowest BCUT2D eigenvalue weighted by Gasteiger charge is -2.13. The summed E-state index contributed by atoms with van der Waals surface area (Å²) in [6.45, 7) is -1.26. The molecule has 0 bridgehead atoms. The number of carbonyl (C=O) groups is 1. The predicted octanol–water partition coefficient (Wildman–Crippen LogP) is -0.315. The van der Waals surface area contributed by atoms with Gasteiger partial charge in [0.15, 0.2) is 6.10 Å². The van der Waals surface area contributed by atoms with Crippen molar-refractivity contribution in [1.29, 1.82) is 0 Å². The van der Waals surface area contributed by atoms with Gasteiger partial charge in [0.2, 0.25) is 0 Å². The third-order valence-electron chi connectivity index (χ3n) is 1.36. The third kappa shape index (κ3) is 12.2. The number of carboxylic acid groups (broad SMARTS) is 1. The molecule has 0 heterocycles. The van der Waals surface area contributed by atoms with Crippen molar-refractivity contribution in [1.82, 2.24) is 0 Å². The van der Waals surface area contributed by atoms with Gasteiger partial charge >= 0.3 is 5.97 Å². The standard InChI is InChI=1S/C6H10N2O9.ClH/c9-6(10)1-2-15-3-5(17-8(13)14)4-16-7(11)12;/h5H,1-4H2,(H,9,10);1H/t5-;/m0./s1. The fourth-order valence-corrected chi connectivity index (χ4v) is 0.749. The van der Waals surface area contributed by atoms with E-state index in [0.717, 1.165) is 0 Å². The molecule has 0 rings (SSSR count). The Morgan fingerprint density at radius 1 is 1.22 bits per heavy atom. The summed E-state index contributed by atoms with van der Waals surface area (Å²) in [5.74, 6) is -1.10. The molecule has 0 spiro atoms. The zero-order valence-electron chi connectivity index (χ0n) is 8.92. The molecule has 0 fully saturated rings. The molecule has 0 saturated heterocycles. The molecule has 0 aromatic heterocycles. The number of ether oxygens (including phenoxy) is 1. The summed E-state index contributed by atoms with van der Waals surface area (Å²) in [5, 5.41) is 25.8. The van der Waals surface area contributed by atoms with Gasteiger partial charge in [-0.1, -0.05) is 0 Å². The van der Waals surface area contributed by atoms with Crippen LogP contribution in [0.1, 0.15) is 6.42 Å². The molecule has 0 saturated carbocycles. The number of hydrogen-bond acceptors (Lipinski definition) is 8. The van der Waals surface area contributed by atoms with Crippen LogP contribution in [0.15, 0.2) is 0 Å². The number of halogens is 1. The van der Waals surface area contributed by atoms with Crippen LogP contribution >= 0.6 is 12.4 Å². The van der Waals surface area contributed by atoms with Crippen LogP contribution in [0.5, 0.6) is 0 Å². The van der Waals surface area contributed by atoms with Crippen LogP contribution in [0.25, 0.3) is 0 Å². The van der Waals surface area contributed by atoms with Crippen molar-refractivity contribution >= 4 is 18.4 Å². The Morgan fingerprint density at radius 2 is 1.83 bits per heavy atom. The van der Waals surface area contributed by atoms with Gasteiger partial charge in [-0.3, -0.25) is 4.79 Å². The van der Waals surface area contributed by atoms with Gasteiger partial charge in [0.1, 0.15) is 6.61 Å². The predicted molar refractivity (Wildman–Crippen MR) is 55.1 cm³/mol. The SMILES string of the molecule is Cl.O=C(O)CCOC[C@@H](CO[N+](=O)[O-])O[N+](=O)[O-]. The van der Waals surface area contributed by atoms with Crippen molar-refractivity contribution < 1.29 is 34.5 Å². The molecule has 12 heteroatoms. The lowest BCUT2D eigenvalue weighted by Crippen LogP contribution is -2.29. The Hall–Kier alpha value is -1.88. The molecule has 18 heavy (non-hydrogen) atoms. The molecule has 0 aromatic rings. The summed E-state index contributed by atoms with van der Waals surface area (Å²) < 4.78 is 4.73. The first-order valence-electron chi connectivity index (χ1n) is 4.29. The van der Waals surface area contributed by atoms with Crippen LogP contribution < -0.4 is 0 Å². The highest BCUT2D eigenvalue weighted by Gasteiger charge is 2.16. The summed E-state index contributed by atoms with van der Waals surface area (Å²) in [6, 6.07) is 0. The van der Waals surface area contributed by atoms with Crippen molar-refractivity contribution in [3.63, 3.8) is 0 Å². The van der Waals surface area contributed by atoms with Crippen LogP contribution in [0.4, 0.5) is 0 Å². The molecule has 0 unspecified atom stereocenters. The molecular formula is C6H11ClN2O9. The highest BCUT2D eigenvalue weighted by molar-refractivity contribution is 5.85. The number of rotatable bonds is 10. The van der Waals surface area contributed by atoms with E-state index in [4.69, 9.17) is 9.84 Å². The molecular weight excluding hydrogens is 280 g/mol. The van der Waals surface area contributed by atoms with E-state index in [2.05, 4.69) is 9.68 Å². The Bertz CT molecular complexity index is 286. The summed E-state index contributed by atoms with van der Waals surface area (Å²) in [6.07, 6.45) is -1.58. The van der Waals surface area contributed by atoms with Gasteiger partial charge in [0.25, 0.3) is 10.2 Å². The minimum Gasteiger partial charge on any atom is -0.481 e. The third-order valence-corrected chi connectivity index (χ3v) is 1.36. The summed E-state index contributed by atoms with van der Waals surface area (Å²) in [7, 11) is 0. The maximum atomic E-state index is 10.1.